The van der Waals surface area contributed by atoms with Gasteiger partial charge >= 0.3 is 5.97 Å². The molecule has 1 atom stereocenters. The molecule has 0 aromatic carbocycles. The smallest absolute Gasteiger partial charge is 0.339 e. The van der Waals surface area contributed by atoms with E-state index < -0.39 is 5.97 Å². The van der Waals surface area contributed by atoms with Gasteiger partial charge in [0, 0.05) is 19.1 Å². The molecule has 1 aliphatic rings. The van der Waals surface area contributed by atoms with Crippen molar-refractivity contribution in [2.45, 2.75) is 39.3 Å². The highest BCUT2D eigenvalue weighted by Gasteiger charge is 2.24. The predicted molar refractivity (Wildman–Crippen MR) is 77.0 cm³/mol. The molecule has 2 heterocycles. The first-order valence-electron chi connectivity index (χ1n) is 7.26. The van der Waals surface area contributed by atoms with E-state index in [1.165, 1.54) is 0 Å². The summed E-state index contributed by atoms with van der Waals surface area (Å²) in [5, 5.41) is 9.08. The number of rotatable bonds is 4. The minimum atomic E-state index is -0.917. The third-order valence-corrected chi connectivity index (χ3v) is 4.05. The largest absolute Gasteiger partial charge is 0.478 e. The highest BCUT2D eigenvalue weighted by Crippen LogP contribution is 2.20. The van der Waals surface area contributed by atoms with Crippen LogP contribution in [0.25, 0.3) is 0 Å². The summed E-state index contributed by atoms with van der Waals surface area (Å²) in [4.78, 5) is 15.8. The minimum Gasteiger partial charge on any atom is -0.478 e. The number of aryl methyl sites for hydroxylation is 1. The minimum absolute atomic E-state index is 0.278. The highest BCUT2D eigenvalue weighted by molar-refractivity contribution is 5.88. The second-order valence-electron chi connectivity index (χ2n) is 5.64. The SMILES string of the molecule is CCC1CN(C)CCCN1Cc1cc(C(=O)O)c(C)o1. The van der Waals surface area contributed by atoms with Crippen LogP contribution in [0.3, 0.4) is 0 Å². The van der Waals surface area contributed by atoms with Crippen LogP contribution < -0.4 is 0 Å². The van der Waals surface area contributed by atoms with Gasteiger partial charge in [-0.2, -0.15) is 0 Å². The average Bonchev–Trinajstić information content (AvgIpc) is 2.66. The van der Waals surface area contributed by atoms with E-state index in [1.54, 1.807) is 13.0 Å². The maximum absolute atomic E-state index is 11.1. The fraction of sp³-hybridized carbons (Fsp3) is 0.667. The number of carbonyl (C=O) groups is 1. The van der Waals surface area contributed by atoms with Crippen LogP contribution in [0.2, 0.25) is 0 Å². The lowest BCUT2D eigenvalue weighted by atomic mass is 10.1. The fourth-order valence-electron chi connectivity index (χ4n) is 2.92. The van der Waals surface area contributed by atoms with Gasteiger partial charge in [-0.05, 0) is 39.4 Å². The molecule has 0 radical (unpaired) electrons. The van der Waals surface area contributed by atoms with Crippen molar-refractivity contribution in [3.63, 3.8) is 0 Å². The molecule has 0 saturated carbocycles. The van der Waals surface area contributed by atoms with Gasteiger partial charge < -0.3 is 14.4 Å². The third-order valence-electron chi connectivity index (χ3n) is 4.05. The first-order valence-corrected chi connectivity index (χ1v) is 7.26. The molecular formula is C15H24N2O3. The number of likely N-dealkylation sites (N-methyl/N-ethyl adjacent to an activating group) is 1. The van der Waals surface area contributed by atoms with Crippen molar-refractivity contribution in [1.29, 1.82) is 0 Å². The number of carboxylic acid groups (broad SMARTS) is 1. The van der Waals surface area contributed by atoms with Crippen LogP contribution in [0.5, 0.6) is 0 Å². The van der Waals surface area contributed by atoms with Gasteiger partial charge in [-0.15, -0.1) is 0 Å². The van der Waals surface area contributed by atoms with Gasteiger partial charge in [0.2, 0.25) is 0 Å². The van der Waals surface area contributed by atoms with Crippen LogP contribution >= 0.6 is 0 Å². The first kappa shape index (κ1) is 15.1. The number of nitrogens with zero attached hydrogens (tertiary/aromatic N) is 2. The lowest BCUT2D eigenvalue weighted by Crippen LogP contribution is -2.39. The maximum Gasteiger partial charge on any atom is 0.339 e. The summed E-state index contributed by atoms with van der Waals surface area (Å²) in [7, 11) is 2.16. The molecule has 1 N–H and O–H groups in total. The van der Waals surface area contributed by atoms with Crippen molar-refractivity contribution in [2.24, 2.45) is 0 Å². The summed E-state index contributed by atoms with van der Waals surface area (Å²) in [6.45, 7) is 7.81. The quantitative estimate of drug-likeness (QED) is 0.916. The molecule has 112 valence electrons. The Bertz CT molecular complexity index is 470. The number of hydrogen-bond donors (Lipinski definition) is 1. The number of carboxylic acids is 1. The Balaban J connectivity index is 2.10. The molecular weight excluding hydrogens is 256 g/mol. The van der Waals surface area contributed by atoms with Crippen molar-refractivity contribution >= 4 is 5.97 Å². The van der Waals surface area contributed by atoms with Crippen LogP contribution in [-0.2, 0) is 6.54 Å². The molecule has 20 heavy (non-hydrogen) atoms. The van der Waals surface area contributed by atoms with E-state index in [0.29, 0.717) is 18.3 Å². The molecule has 5 nitrogen and oxygen atoms in total. The molecule has 0 bridgehead atoms. The van der Waals surface area contributed by atoms with Crippen molar-refractivity contribution < 1.29 is 14.3 Å². The highest BCUT2D eigenvalue weighted by atomic mass is 16.4. The van der Waals surface area contributed by atoms with Gasteiger partial charge in [-0.1, -0.05) is 6.92 Å². The van der Waals surface area contributed by atoms with Crippen molar-refractivity contribution in [1.82, 2.24) is 9.80 Å². The van der Waals surface area contributed by atoms with Gasteiger partial charge in [0.15, 0.2) is 0 Å². The van der Waals surface area contributed by atoms with Crippen LogP contribution in [0.15, 0.2) is 10.5 Å². The predicted octanol–water partition coefficient (Wildman–Crippen LogP) is 2.20. The zero-order chi connectivity index (χ0) is 14.7. The van der Waals surface area contributed by atoms with Crippen LogP contribution in [0.4, 0.5) is 0 Å². The average molecular weight is 280 g/mol. The molecule has 0 spiro atoms. The molecule has 1 aromatic heterocycles. The van der Waals surface area contributed by atoms with E-state index in [2.05, 4.69) is 23.8 Å². The molecule has 1 unspecified atom stereocenters. The number of aromatic carboxylic acids is 1. The van der Waals surface area contributed by atoms with Gasteiger partial charge in [0.1, 0.15) is 17.1 Å². The second kappa shape index (κ2) is 6.41. The fourth-order valence-corrected chi connectivity index (χ4v) is 2.92. The van der Waals surface area contributed by atoms with E-state index in [4.69, 9.17) is 9.52 Å². The molecule has 1 saturated heterocycles. The number of hydrogen-bond acceptors (Lipinski definition) is 4. The van der Waals surface area contributed by atoms with Crippen molar-refractivity contribution in [3.8, 4) is 0 Å². The Labute approximate surface area is 120 Å². The van der Waals surface area contributed by atoms with Crippen LogP contribution in [-0.4, -0.2) is 53.6 Å². The third kappa shape index (κ3) is 3.41. The summed E-state index contributed by atoms with van der Waals surface area (Å²) < 4.78 is 5.60. The van der Waals surface area contributed by atoms with Crippen LogP contribution in [0, 0.1) is 6.92 Å². The van der Waals surface area contributed by atoms with E-state index in [1.807, 2.05) is 0 Å². The molecule has 5 heteroatoms. The molecule has 1 fully saturated rings. The summed E-state index contributed by atoms with van der Waals surface area (Å²) in [5.41, 5.74) is 0.278. The lowest BCUT2D eigenvalue weighted by Gasteiger charge is -2.29. The van der Waals surface area contributed by atoms with E-state index in [0.717, 1.165) is 38.2 Å². The van der Waals surface area contributed by atoms with E-state index >= 15 is 0 Å². The standard InChI is InChI=1S/C15H24N2O3/c1-4-12-9-16(3)6-5-7-17(12)10-13-8-14(15(18)19)11(2)20-13/h8,12H,4-7,9-10H2,1-3H3,(H,18,19). The van der Waals surface area contributed by atoms with Gasteiger partial charge in [0.05, 0.1) is 6.54 Å². The van der Waals surface area contributed by atoms with Gasteiger partial charge in [-0.25, -0.2) is 4.79 Å². The maximum atomic E-state index is 11.1. The zero-order valence-corrected chi connectivity index (χ0v) is 12.6. The topological polar surface area (TPSA) is 56.9 Å². The van der Waals surface area contributed by atoms with Crippen molar-refractivity contribution in [2.75, 3.05) is 26.7 Å². The normalized spacial score (nSPS) is 21.9. The van der Waals surface area contributed by atoms with E-state index in [-0.39, 0.29) is 5.56 Å². The Morgan fingerprint density at radius 2 is 2.25 bits per heavy atom. The van der Waals surface area contributed by atoms with Crippen molar-refractivity contribution in [3.05, 3.63) is 23.2 Å². The number of furan rings is 1. The molecule has 0 aliphatic carbocycles. The lowest BCUT2D eigenvalue weighted by molar-refractivity contribution is 0.0695. The Hall–Kier alpha value is -1.33. The van der Waals surface area contributed by atoms with E-state index in [9.17, 15) is 4.79 Å². The Morgan fingerprint density at radius 1 is 1.50 bits per heavy atom. The Kier molecular flexibility index (Phi) is 4.83. The summed E-state index contributed by atoms with van der Waals surface area (Å²) >= 11 is 0. The second-order valence-corrected chi connectivity index (χ2v) is 5.64. The molecule has 1 aromatic rings. The Morgan fingerprint density at radius 3 is 2.85 bits per heavy atom. The summed E-state index contributed by atoms with van der Waals surface area (Å²) in [5.74, 6) is 0.329. The molecule has 0 amide bonds. The molecule has 1 aliphatic heterocycles. The molecule has 2 rings (SSSR count). The van der Waals surface area contributed by atoms with Gasteiger partial charge in [0.25, 0.3) is 0 Å². The summed E-state index contributed by atoms with van der Waals surface area (Å²) in [6.07, 6.45) is 2.23. The zero-order valence-electron chi connectivity index (χ0n) is 12.6. The first-order chi connectivity index (χ1) is 9.51. The monoisotopic (exact) mass is 280 g/mol. The van der Waals surface area contributed by atoms with Crippen LogP contribution in [0.1, 0.15) is 41.6 Å². The van der Waals surface area contributed by atoms with Gasteiger partial charge in [-0.3, -0.25) is 4.90 Å². The summed E-state index contributed by atoms with van der Waals surface area (Å²) in [6, 6.07) is 2.17.